The first kappa shape index (κ1) is 34.3. The summed E-state index contributed by atoms with van der Waals surface area (Å²) >= 11 is 1.83. The average Bonchev–Trinajstić information content (AvgIpc) is 3.58. The molecular weight excluding hydrogens is 723 g/mol. The number of aromatic nitrogens is 3. The predicted octanol–water partition coefficient (Wildman–Crippen LogP) is 14.3. The highest BCUT2D eigenvalue weighted by Crippen LogP contribution is 2.44. The van der Waals surface area contributed by atoms with Crippen LogP contribution in [0.5, 0.6) is 0 Å². The molecule has 4 heteroatoms. The van der Waals surface area contributed by atoms with E-state index < -0.39 is 0 Å². The van der Waals surface area contributed by atoms with Gasteiger partial charge in [-0.1, -0.05) is 176 Å². The fraction of sp³-hybridized carbons (Fsp3) is 0.0556. The molecule has 0 spiro atoms. The molecule has 0 radical (unpaired) electrons. The molecule has 1 aliphatic rings. The maximum Gasteiger partial charge on any atom is 0.164 e. The van der Waals surface area contributed by atoms with E-state index in [1.54, 1.807) is 0 Å². The lowest BCUT2D eigenvalue weighted by Crippen LogP contribution is -2.03. The Balaban J connectivity index is 0.965. The van der Waals surface area contributed by atoms with Gasteiger partial charge in [0.05, 0.1) is 0 Å². The molecule has 2 aromatic heterocycles. The van der Waals surface area contributed by atoms with Gasteiger partial charge in [-0.05, 0) is 81.1 Å². The Morgan fingerprint density at radius 3 is 1.59 bits per heavy atom. The Kier molecular flexibility index (Phi) is 8.56. The van der Waals surface area contributed by atoms with E-state index in [0.717, 1.165) is 29.5 Å². The summed E-state index contributed by atoms with van der Waals surface area (Å²) in [7, 11) is 0. The van der Waals surface area contributed by atoms with Crippen LogP contribution in [0, 0.1) is 0 Å². The fourth-order valence-corrected chi connectivity index (χ4v) is 9.86. The first-order valence-corrected chi connectivity index (χ1v) is 20.8. The molecule has 8 aromatic carbocycles. The standard InChI is InChI=1S/C54H37N3S/c1-4-13-35(14-5-1)40-24-28-46-44-22-11-10-15-36(44)23-27-45(49(46)32-40)42-21-12-20-39(31-42)41-25-29-47-48-30-26-43(34-51(48)58-50(47)33-41)54-56-52(37-16-6-2-7-17-37)55-53(57-54)38-18-8-3-9-19-38/h1-22,24-26,28-34,45H,23,27H2. The minimum atomic E-state index is 0.276. The van der Waals surface area contributed by atoms with Crippen LogP contribution in [0.3, 0.4) is 0 Å². The van der Waals surface area contributed by atoms with Crippen LogP contribution in [0.4, 0.5) is 0 Å². The van der Waals surface area contributed by atoms with Crippen LogP contribution in [0.25, 0.3) is 87.7 Å². The fourth-order valence-electron chi connectivity index (χ4n) is 8.68. The van der Waals surface area contributed by atoms with Crippen LogP contribution in [0.15, 0.2) is 194 Å². The molecule has 0 saturated heterocycles. The van der Waals surface area contributed by atoms with Crippen molar-refractivity contribution in [1.82, 2.24) is 15.0 Å². The van der Waals surface area contributed by atoms with Gasteiger partial charge in [0.2, 0.25) is 0 Å². The van der Waals surface area contributed by atoms with Crippen molar-refractivity contribution < 1.29 is 0 Å². The summed E-state index contributed by atoms with van der Waals surface area (Å²) in [6, 6.07) is 70.0. The summed E-state index contributed by atoms with van der Waals surface area (Å²) in [5.74, 6) is 2.28. The minimum absolute atomic E-state index is 0.276. The van der Waals surface area contributed by atoms with Crippen LogP contribution in [-0.2, 0) is 6.42 Å². The molecule has 0 aliphatic heterocycles. The van der Waals surface area contributed by atoms with Gasteiger partial charge in [-0.15, -0.1) is 11.3 Å². The van der Waals surface area contributed by atoms with Gasteiger partial charge in [-0.25, -0.2) is 15.0 Å². The summed E-state index contributed by atoms with van der Waals surface area (Å²) in [5.41, 5.74) is 14.8. The Bertz CT molecular complexity index is 3060. The number of fused-ring (bicyclic) bond motifs is 6. The molecule has 0 N–H and O–H groups in total. The molecule has 2 heterocycles. The highest BCUT2D eigenvalue weighted by molar-refractivity contribution is 7.25. The molecule has 0 amide bonds. The molecule has 58 heavy (non-hydrogen) atoms. The molecule has 274 valence electrons. The van der Waals surface area contributed by atoms with E-state index >= 15 is 0 Å². The summed E-state index contributed by atoms with van der Waals surface area (Å²) in [5, 5.41) is 2.51. The Morgan fingerprint density at radius 2 is 0.897 bits per heavy atom. The third-order valence-electron chi connectivity index (χ3n) is 11.6. The summed E-state index contributed by atoms with van der Waals surface area (Å²) in [4.78, 5) is 14.9. The van der Waals surface area contributed by atoms with E-state index in [9.17, 15) is 0 Å². The first-order chi connectivity index (χ1) is 28.7. The van der Waals surface area contributed by atoms with Crippen molar-refractivity contribution in [3.05, 3.63) is 211 Å². The minimum Gasteiger partial charge on any atom is -0.208 e. The van der Waals surface area contributed by atoms with Gasteiger partial charge in [0.1, 0.15) is 0 Å². The molecule has 11 rings (SSSR count). The molecular formula is C54H37N3S. The summed E-state index contributed by atoms with van der Waals surface area (Å²) in [6.45, 7) is 0. The second-order valence-electron chi connectivity index (χ2n) is 15.1. The van der Waals surface area contributed by atoms with E-state index in [0.29, 0.717) is 17.5 Å². The van der Waals surface area contributed by atoms with Crippen LogP contribution in [0.2, 0.25) is 0 Å². The predicted molar refractivity (Wildman–Crippen MR) is 242 cm³/mol. The molecule has 1 aliphatic carbocycles. The number of benzene rings is 8. The molecule has 0 fully saturated rings. The largest absolute Gasteiger partial charge is 0.208 e. The molecule has 1 unspecified atom stereocenters. The zero-order chi connectivity index (χ0) is 38.4. The van der Waals surface area contributed by atoms with Gasteiger partial charge >= 0.3 is 0 Å². The summed E-state index contributed by atoms with van der Waals surface area (Å²) < 4.78 is 2.48. The highest BCUT2D eigenvalue weighted by atomic mass is 32.1. The van der Waals surface area contributed by atoms with Crippen molar-refractivity contribution in [1.29, 1.82) is 0 Å². The molecule has 0 bridgehead atoms. The van der Waals surface area contributed by atoms with Crippen LogP contribution < -0.4 is 0 Å². The monoisotopic (exact) mass is 759 g/mol. The van der Waals surface area contributed by atoms with E-state index in [1.807, 2.05) is 72.0 Å². The van der Waals surface area contributed by atoms with Crippen molar-refractivity contribution in [2.75, 3.05) is 0 Å². The second kappa shape index (κ2) is 14.5. The Labute approximate surface area is 342 Å². The van der Waals surface area contributed by atoms with Gasteiger partial charge in [0.25, 0.3) is 0 Å². The topological polar surface area (TPSA) is 38.7 Å². The lowest BCUT2D eigenvalue weighted by atomic mass is 9.83. The van der Waals surface area contributed by atoms with E-state index in [4.69, 9.17) is 15.0 Å². The third-order valence-corrected chi connectivity index (χ3v) is 12.7. The van der Waals surface area contributed by atoms with Crippen molar-refractivity contribution in [2.45, 2.75) is 18.8 Å². The number of hydrogen-bond donors (Lipinski definition) is 0. The van der Waals surface area contributed by atoms with Gasteiger partial charge < -0.3 is 0 Å². The van der Waals surface area contributed by atoms with Crippen molar-refractivity contribution in [2.24, 2.45) is 0 Å². The molecule has 0 saturated carbocycles. The molecule has 1 atom stereocenters. The zero-order valence-corrected chi connectivity index (χ0v) is 32.5. The first-order valence-electron chi connectivity index (χ1n) is 19.9. The zero-order valence-electron chi connectivity index (χ0n) is 31.7. The Morgan fingerprint density at radius 1 is 0.379 bits per heavy atom. The van der Waals surface area contributed by atoms with Gasteiger partial charge in [0, 0.05) is 42.8 Å². The number of nitrogens with zero attached hydrogens (tertiary/aromatic N) is 3. The van der Waals surface area contributed by atoms with E-state index in [1.165, 1.54) is 70.2 Å². The number of hydrogen-bond acceptors (Lipinski definition) is 4. The lowest BCUT2D eigenvalue weighted by molar-refractivity contribution is 0.726. The number of rotatable bonds is 6. The molecule has 10 aromatic rings. The van der Waals surface area contributed by atoms with Gasteiger partial charge in [-0.3, -0.25) is 0 Å². The quantitative estimate of drug-likeness (QED) is 0.169. The van der Waals surface area contributed by atoms with Gasteiger partial charge in [-0.2, -0.15) is 0 Å². The van der Waals surface area contributed by atoms with E-state index in [2.05, 4.69) is 133 Å². The van der Waals surface area contributed by atoms with Crippen molar-refractivity contribution in [3.8, 4) is 67.5 Å². The lowest BCUT2D eigenvalue weighted by Gasteiger charge is -2.21. The Hall–Kier alpha value is -7.01. The third kappa shape index (κ3) is 6.28. The van der Waals surface area contributed by atoms with Crippen molar-refractivity contribution in [3.63, 3.8) is 0 Å². The average molecular weight is 760 g/mol. The maximum absolute atomic E-state index is 4.99. The second-order valence-corrected chi connectivity index (χ2v) is 16.2. The highest BCUT2D eigenvalue weighted by Gasteiger charge is 2.25. The SMILES string of the molecule is c1ccc(-c2ccc3c(c2)C(c2cccc(-c4ccc5c(c4)sc4cc(-c6nc(-c7ccccc7)nc(-c7ccccc7)n6)ccc45)c2)CCc2ccccc2-3)cc1. The molecule has 3 nitrogen and oxygen atoms in total. The summed E-state index contributed by atoms with van der Waals surface area (Å²) in [6.07, 6.45) is 2.10. The normalized spacial score (nSPS) is 13.6. The van der Waals surface area contributed by atoms with Gasteiger partial charge in [0.15, 0.2) is 17.5 Å². The van der Waals surface area contributed by atoms with E-state index in [-0.39, 0.29) is 5.92 Å². The van der Waals surface area contributed by atoms with Crippen LogP contribution >= 0.6 is 11.3 Å². The van der Waals surface area contributed by atoms with Crippen molar-refractivity contribution >= 4 is 31.5 Å². The number of aryl methyl sites for hydroxylation is 1. The van der Waals surface area contributed by atoms with Crippen LogP contribution in [-0.4, -0.2) is 15.0 Å². The maximum atomic E-state index is 4.99. The van der Waals surface area contributed by atoms with Crippen LogP contribution in [0.1, 0.15) is 29.0 Å². The smallest absolute Gasteiger partial charge is 0.164 e. The number of thiophene rings is 1.